The second-order valence-corrected chi connectivity index (χ2v) is 5.49. The Hall–Kier alpha value is 2.25. The van der Waals surface area contributed by atoms with E-state index in [0.717, 1.165) is 0 Å². The van der Waals surface area contributed by atoms with Crippen molar-refractivity contribution >= 4 is 0 Å². The molecule has 0 spiro atoms. The van der Waals surface area contributed by atoms with Crippen LogP contribution in [0.2, 0.25) is 0 Å². The molecule has 0 aromatic rings. The molecule has 0 saturated heterocycles. The molecule has 0 aromatic heterocycles. The van der Waals surface area contributed by atoms with Crippen molar-refractivity contribution in [2.75, 3.05) is 0 Å². The fraction of sp³-hybridized carbons (Fsp3) is 0. The summed E-state index contributed by atoms with van der Waals surface area (Å²) in [5.41, 5.74) is 0. The predicted octanol–water partition coefficient (Wildman–Crippen LogP) is -4.29. The Morgan fingerprint density at radius 3 is 0.538 bits per heavy atom. The Morgan fingerprint density at radius 2 is 0.538 bits per heavy atom. The van der Waals surface area contributed by atoms with Gasteiger partial charge in [0.05, 0.1) is 0 Å². The average molecular weight is 831 g/mol. The second-order valence-electron chi connectivity index (χ2n) is 0.671. The fourth-order valence-electron chi connectivity index (χ4n) is 0. The van der Waals surface area contributed by atoms with Crippen molar-refractivity contribution in [2.45, 2.75) is 0 Å². The van der Waals surface area contributed by atoms with Crippen LogP contribution in [-0.4, -0.2) is 0 Å². The van der Waals surface area contributed by atoms with E-state index in [9.17, 15) is 0 Å². The van der Waals surface area contributed by atoms with E-state index in [-0.39, 0.29) is 40.8 Å². The Kier molecular flexibility index (Phi) is 37.2. The molecule has 0 heterocycles. The Morgan fingerprint density at radius 1 is 0.538 bits per heavy atom. The number of rotatable bonds is 0. The maximum absolute atomic E-state index is 8.62. The minimum absolute atomic E-state index is 0. The molecule has 0 atom stereocenters. The molecular weight excluding hydrogens is 831 g/mol. The molecule has 0 fully saturated rings. The van der Waals surface area contributed by atoms with Crippen LogP contribution in [0.5, 0.6) is 0 Å². The first-order valence-electron chi connectivity index (χ1n) is 1.64. The summed E-state index contributed by atoms with van der Waals surface area (Å²) in [5, 5.41) is 0. The second kappa shape index (κ2) is 19.8. The summed E-state index contributed by atoms with van der Waals surface area (Å²) in [6, 6.07) is 0. The van der Waals surface area contributed by atoms with Gasteiger partial charge in [0.2, 0.25) is 0 Å². The van der Waals surface area contributed by atoms with Crippen LogP contribution in [0.3, 0.4) is 0 Å². The monoisotopic (exact) mass is 829 g/mol. The topological polar surface area (TPSA) is 172 Å². The normalized spacial score (nSPS) is 5.77. The van der Waals surface area contributed by atoms with Crippen LogP contribution >= 0.6 is 0 Å². The van der Waals surface area contributed by atoms with Crippen LogP contribution in [-0.2, 0) is 75.9 Å². The molecule has 0 aliphatic heterocycles. The van der Waals surface area contributed by atoms with Crippen LogP contribution in [0.25, 0.3) is 0 Å². The van der Waals surface area contributed by atoms with Crippen molar-refractivity contribution in [1.82, 2.24) is 0 Å². The van der Waals surface area contributed by atoms with Gasteiger partial charge in [-0.25, -0.2) is 0 Å². The van der Waals surface area contributed by atoms with E-state index in [1.54, 1.807) is 0 Å². The number of hydrogen-bond acceptors (Lipinski definition) is 9. The Labute approximate surface area is 125 Å². The van der Waals surface area contributed by atoms with E-state index in [4.69, 9.17) is 30.3 Å². The summed E-state index contributed by atoms with van der Waals surface area (Å²) in [6.07, 6.45) is 0. The molecule has 0 aliphatic rings. The van der Waals surface area contributed by atoms with Crippen LogP contribution in [0.4, 0.5) is 0 Å². The molecule has 9 nitrogen and oxygen atoms in total. The molecule has 0 aromatic carbocycles. The Bertz CT molecular complexity index is 208. The van der Waals surface area contributed by atoms with Crippen molar-refractivity contribution in [3.8, 4) is 0 Å². The third-order valence-corrected chi connectivity index (χ3v) is 0. The molecule has 0 N–H and O–H groups in total. The van der Waals surface area contributed by atoms with Crippen molar-refractivity contribution in [1.29, 1.82) is 0 Å². The van der Waals surface area contributed by atoms with E-state index >= 15 is 0 Å². The predicted molar refractivity (Wildman–Crippen MR) is 4.12 cm³/mol. The quantitative estimate of drug-likeness (QED) is 0.235. The Balaban J connectivity index is -0.0000000450. The zero-order chi connectivity index (χ0) is 10.7. The van der Waals surface area contributed by atoms with Crippen LogP contribution in [0.1, 0.15) is 0 Å². The van der Waals surface area contributed by atoms with Gasteiger partial charge in [0.15, 0.2) is 0 Å². The van der Waals surface area contributed by atoms with Gasteiger partial charge in [-0.1, -0.05) is 0 Å². The van der Waals surface area contributed by atoms with E-state index in [1.165, 1.54) is 0 Å². The average Bonchev–Trinajstić information content (AvgIpc) is 1.54. The molecule has 73 valence electrons. The number of hydrogen-bond donors (Lipinski definition) is 0. The van der Waals surface area contributed by atoms with Crippen LogP contribution in [0, 0.1) is 40.8 Å². The SMILES string of the molecule is [Nd+3].[O]=[Ta](=[O])[O-].[O]=[Ta](=[O])[O-].[O]=[Ta](=[O])[O-]. The van der Waals surface area contributed by atoms with Crippen molar-refractivity contribution in [2.24, 2.45) is 0 Å². The molecule has 13 heteroatoms. The zero-order valence-corrected chi connectivity index (χ0v) is 18.4. The van der Waals surface area contributed by atoms with E-state index in [2.05, 4.69) is 0 Å². The van der Waals surface area contributed by atoms with Crippen LogP contribution in [0.15, 0.2) is 0 Å². The molecule has 13 heavy (non-hydrogen) atoms. The first kappa shape index (κ1) is 24.5. The third kappa shape index (κ3) is 422. The molecule has 0 bridgehead atoms. The first-order chi connectivity index (χ1) is 5.20. The first-order valence-corrected chi connectivity index (χ1v) is 13.4. The van der Waals surface area contributed by atoms with Gasteiger partial charge in [0, 0.05) is 0 Å². The summed E-state index contributed by atoms with van der Waals surface area (Å²) in [6.45, 7) is 0. The van der Waals surface area contributed by atoms with Gasteiger partial charge in [0.1, 0.15) is 0 Å². The summed E-state index contributed by atoms with van der Waals surface area (Å²) in [5.74, 6) is 0. The van der Waals surface area contributed by atoms with E-state index in [0.29, 0.717) is 0 Å². The molecular formula is NdO9Ta3. The molecule has 0 unspecified atom stereocenters. The molecule has 0 rings (SSSR count). The molecule has 0 aliphatic carbocycles. The molecule has 0 saturated carbocycles. The van der Waals surface area contributed by atoms with Gasteiger partial charge in [0.25, 0.3) is 0 Å². The molecule has 0 amide bonds. The van der Waals surface area contributed by atoms with Crippen LogP contribution < -0.4 is 10.8 Å². The summed E-state index contributed by atoms with van der Waals surface area (Å²) < 4.78 is 77.6. The van der Waals surface area contributed by atoms with Gasteiger partial charge in [-0.15, -0.1) is 0 Å². The van der Waals surface area contributed by atoms with Gasteiger partial charge in [-0.3, -0.25) is 0 Å². The van der Waals surface area contributed by atoms with Crippen molar-refractivity contribution in [3.05, 3.63) is 0 Å². The molecule has 1 radical (unpaired) electrons. The van der Waals surface area contributed by atoms with Gasteiger partial charge in [-0.2, -0.15) is 0 Å². The van der Waals surface area contributed by atoms with E-state index in [1.807, 2.05) is 0 Å². The minimum atomic E-state index is -4.34. The van der Waals surface area contributed by atoms with Gasteiger partial charge < -0.3 is 0 Å². The summed E-state index contributed by atoms with van der Waals surface area (Å²) in [7, 11) is 0. The fourth-order valence-corrected chi connectivity index (χ4v) is 0. The van der Waals surface area contributed by atoms with Gasteiger partial charge >= 0.3 is 128 Å². The standard InChI is InChI=1S/Nd.9O.3Ta/q+3;;;;;;;3*-1;;;. The summed E-state index contributed by atoms with van der Waals surface area (Å²) in [4.78, 5) is 0. The zero-order valence-electron chi connectivity index (χ0n) is 5.52. The van der Waals surface area contributed by atoms with Crippen molar-refractivity contribution in [3.63, 3.8) is 0 Å². The maximum atomic E-state index is 8.62. The van der Waals surface area contributed by atoms with Gasteiger partial charge in [-0.05, 0) is 0 Å². The third-order valence-electron chi connectivity index (χ3n) is 0. The summed E-state index contributed by atoms with van der Waals surface area (Å²) >= 11 is -13.0. The van der Waals surface area contributed by atoms with Crippen molar-refractivity contribution < 1.29 is 128 Å². The van der Waals surface area contributed by atoms with E-state index < -0.39 is 56.4 Å².